The second-order valence-corrected chi connectivity index (χ2v) is 6.40. The number of pyridine rings is 2. The summed E-state index contributed by atoms with van der Waals surface area (Å²) in [5.74, 6) is 0. The van der Waals surface area contributed by atoms with Gasteiger partial charge in [0.25, 0.3) is 0 Å². The lowest BCUT2D eigenvalue weighted by molar-refractivity contribution is 0.684. The van der Waals surface area contributed by atoms with Crippen molar-refractivity contribution in [3.63, 3.8) is 0 Å². The van der Waals surface area contributed by atoms with Crippen molar-refractivity contribution in [1.82, 2.24) is 15.3 Å². The van der Waals surface area contributed by atoms with Gasteiger partial charge in [-0.1, -0.05) is 17.7 Å². The molecule has 0 aromatic carbocycles. The van der Waals surface area contributed by atoms with Crippen LogP contribution in [0, 0.1) is 6.92 Å². The van der Waals surface area contributed by atoms with Crippen molar-refractivity contribution >= 4 is 23.4 Å². The first kappa shape index (κ1) is 13.9. The smallest absolute Gasteiger partial charge is 0.121 e. The Morgan fingerprint density at radius 1 is 1.35 bits per heavy atom. The molecule has 1 aliphatic rings. The minimum atomic E-state index is 0.665. The van der Waals surface area contributed by atoms with Crippen molar-refractivity contribution in [1.29, 1.82) is 0 Å². The van der Waals surface area contributed by atoms with E-state index in [2.05, 4.69) is 28.3 Å². The maximum absolute atomic E-state index is 6.13. The maximum Gasteiger partial charge on any atom is 0.121 e. The topological polar surface area (TPSA) is 37.8 Å². The van der Waals surface area contributed by atoms with Gasteiger partial charge in [0, 0.05) is 25.0 Å². The van der Waals surface area contributed by atoms with Crippen LogP contribution in [-0.4, -0.2) is 16.0 Å². The normalized spacial score (nSPS) is 14.5. The van der Waals surface area contributed by atoms with E-state index in [1.165, 1.54) is 30.2 Å². The van der Waals surface area contributed by atoms with Crippen LogP contribution in [0.4, 0.5) is 0 Å². The minimum absolute atomic E-state index is 0.665. The first-order chi connectivity index (χ1) is 9.72. The Balaban J connectivity index is 1.71. The van der Waals surface area contributed by atoms with E-state index in [-0.39, 0.29) is 0 Å². The fraction of sp³-hybridized carbons (Fsp3) is 0.333. The molecule has 0 unspecified atom stereocenters. The fourth-order valence-corrected chi connectivity index (χ4v) is 2.94. The van der Waals surface area contributed by atoms with E-state index < -0.39 is 0 Å². The van der Waals surface area contributed by atoms with Crippen LogP contribution in [0.5, 0.6) is 0 Å². The molecule has 1 N–H and O–H groups in total. The van der Waals surface area contributed by atoms with Gasteiger partial charge in [-0.15, -0.1) is 0 Å². The highest BCUT2D eigenvalue weighted by Crippen LogP contribution is 2.32. The monoisotopic (exact) mass is 305 g/mol. The zero-order chi connectivity index (χ0) is 13.9. The van der Waals surface area contributed by atoms with Gasteiger partial charge in [0.15, 0.2) is 0 Å². The summed E-state index contributed by atoms with van der Waals surface area (Å²) in [6, 6.07) is 6.58. The fourth-order valence-electron chi connectivity index (χ4n) is 1.91. The van der Waals surface area contributed by atoms with E-state index in [0.29, 0.717) is 5.02 Å². The molecule has 104 valence electrons. The first-order valence-corrected chi connectivity index (χ1v) is 7.89. The third kappa shape index (κ3) is 3.51. The lowest BCUT2D eigenvalue weighted by Gasteiger charge is -2.08. The zero-order valence-electron chi connectivity index (χ0n) is 11.3. The Kier molecular flexibility index (Phi) is 4.24. The molecule has 0 atom stereocenters. The third-order valence-corrected chi connectivity index (χ3v) is 4.73. The summed E-state index contributed by atoms with van der Waals surface area (Å²) in [5, 5.41) is 5.92. The molecule has 0 radical (unpaired) electrons. The number of nitrogens with one attached hydrogen (secondary N) is 1. The van der Waals surface area contributed by atoms with E-state index in [1.807, 2.05) is 18.3 Å². The zero-order valence-corrected chi connectivity index (χ0v) is 12.8. The van der Waals surface area contributed by atoms with Gasteiger partial charge in [-0.2, -0.15) is 0 Å². The van der Waals surface area contributed by atoms with Crippen molar-refractivity contribution < 1.29 is 0 Å². The highest BCUT2D eigenvalue weighted by Gasteiger charge is 2.20. The summed E-state index contributed by atoms with van der Waals surface area (Å²) in [6.07, 6.45) is 6.29. The molecule has 20 heavy (non-hydrogen) atoms. The van der Waals surface area contributed by atoms with E-state index in [9.17, 15) is 0 Å². The average molecular weight is 306 g/mol. The molecular weight excluding hydrogens is 290 g/mol. The van der Waals surface area contributed by atoms with Crippen LogP contribution in [0.1, 0.15) is 24.0 Å². The Labute approximate surface area is 128 Å². The number of hydrogen-bond acceptors (Lipinski definition) is 4. The molecule has 3 nitrogen and oxygen atoms in total. The summed E-state index contributed by atoms with van der Waals surface area (Å²) in [7, 11) is 0. The maximum atomic E-state index is 6.13. The van der Waals surface area contributed by atoms with Gasteiger partial charge < -0.3 is 5.32 Å². The standard InChI is InChI=1S/C15H16ClN3S/c1-10-7-11(8-18-12-4-5-12)9-19-14(10)20-15-13(16)3-2-6-17-15/h2-3,6-7,9,12,18H,4-5,8H2,1H3. The van der Waals surface area contributed by atoms with Crippen LogP contribution in [-0.2, 0) is 6.54 Å². The van der Waals surface area contributed by atoms with Crippen molar-refractivity contribution in [2.45, 2.75) is 42.4 Å². The van der Waals surface area contributed by atoms with Crippen molar-refractivity contribution in [2.24, 2.45) is 0 Å². The molecule has 0 aliphatic heterocycles. The molecular formula is C15H16ClN3S. The van der Waals surface area contributed by atoms with Gasteiger partial charge in [0.1, 0.15) is 10.1 Å². The van der Waals surface area contributed by atoms with Gasteiger partial charge in [-0.3, -0.25) is 0 Å². The molecule has 0 saturated heterocycles. The molecule has 1 aliphatic carbocycles. The number of rotatable bonds is 5. The molecule has 2 heterocycles. The van der Waals surface area contributed by atoms with Gasteiger partial charge in [-0.25, -0.2) is 9.97 Å². The van der Waals surface area contributed by atoms with Crippen LogP contribution in [0.15, 0.2) is 40.6 Å². The molecule has 0 spiro atoms. The largest absolute Gasteiger partial charge is 0.310 e. The Morgan fingerprint density at radius 3 is 2.90 bits per heavy atom. The van der Waals surface area contributed by atoms with E-state index in [4.69, 9.17) is 11.6 Å². The second kappa shape index (κ2) is 6.12. The molecule has 1 fully saturated rings. The molecule has 2 aromatic heterocycles. The first-order valence-electron chi connectivity index (χ1n) is 6.69. The van der Waals surface area contributed by atoms with Crippen LogP contribution in [0.3, 0.4) is 0 Å². The molecule has 5 heteroatoms. The Hall–Kier alpha value is -1.10. The van der Waals surface area contributed by atoms with Crippen molar-refractivity contribution in [3.8, 4) is 0 Å². The summed E-state index contributed by atoms with van der Waals surface area (Å²) < 4.78 is 0. The van der Waals surface area contributed by atoms with Gasteiger partial charge in [0.05, 0.1) is 5.02 Å². The van der Waals surface area contributed by atoms with Crippen molar-refractivity contribution in [3.05, 3.63) is 46.7 Å². The van der Waals surface area contributed by atoms with Crippen LogP contribution in [0.25, 0.3) is 0 Å². The lowest BCUT2D eigenvalue weighted by atomic mass is 10.2. The Bertz CT molecular complexity index is 614. The van der Waals surface area contributed by atoms with Gasteiger partial charge >= 0.3 is 0 Å². The van der Waals surface area contributed by atoms with Gasteiger partial charge in [-0.05, 0) is 54.8 Å². The highest BCUT2D eigenvalue weighted by molar-refractivity contribution is 7.99. The molecule has 2 aromatic rings. The SMILES string of the molecule is Cc1cc(CNC2CC2)cnc1Sc1ncccc1Cl. The van der Waals surface area contributed by atoms with Crippen LogP contribution >= 0.6 is 23.4 Å². The molecule has 0 bridgehead atoms. The number of hydrogen-bond donors (Lipinski definition) is 1. The van der Waals surface area contributed by atoms with Gasteiger partial charge in [0.2, 0.25) is 0 Å². The second-order valence-electron chi connectivity index (χ2n) is 5.01. The lowest BCUT2D eigenvalue weighted by Crippen LogP contribution is -2.15. The minimum Gasteiger partial charge on any atom is -0.310 e. The van der Waals surface area contributed by atoms with Crippen LogP contribution in [0.2, 0.25) is 5.02 Å². The quantitative estimate of drug-likeness (QED) is 0.911. The van der Waals surface area contributed by atoms with Crippen LogP contribution < -0.4 is 5.32 Å². The predicted molar refractivity (Wildman–Crippen MR) is 82.2 cm³/mol. The van der Waals surface area contributed by atoms with E-state index >= 15 is 0 Å². The highest BCUT2D eigenvalue weighted by atomic mass is 35.5. The predicted octanol–water partition coefficient (Wildman–Crippen LogP) is 3.84. The number of halogens is 1. The molecule has 3 rings (SSSR count). The summed E-state index contributed by atoms with van der Waals surface area (Å²) >= 11 is 7.64. The number of aromatic nitrogens is 2. The summed E-state index contributed by atoms with van der Waals surface area (Å²) in [5.41, 5.74) is 2.39. The van der Waals surface area contributed by atoms with E-state index in [0.717, 1.165) is 28.2 Å². The third-order valence-electron chi connectivity index (χ3n) is 3.18. The van der Waals surface area contributed by atoms with Crippen molar-refractivity contribution in [2.75, 3.05) is 0 Å². The summed E-state index contributed by atoms with van der Waals surface area (Å²) in [6.45, 7) is 2.97. The Morgan fingerprint density at radius 2 is 2.20 bits per heavy atom. The molecule has 1 saturated carbocycles. The average Bonchev–Trinajstić information content (AvgIpc) is 3.26. The molecule has 0 amide bonds. The number of nitrogens with zero attached hydrogens (tertiary/aromatic N) is 2. The van der Waals surface area contributed by atoms with E-state index in [1.54, 1.807) is 6.20 Å². The summed E-state index contributed by atoms with van der Waals surface area (Å²) in [4.78, 5) is 8.82. The number of aryl methyl sites for hydroxylation is 1.